The summed E-state index contributed by atoms with van der Waals surface area (Å²) < 4.78 is 0. The third-order valence-corrected chi connectivity index (χ3v) is 4.16. The van der Waals surface area contributed by atoms with Crippen LogP contribution in [-0.4, -0.2) is 36.6 Å². The second kappa shape index (κ2) is 6.02. The van der Waals surface area contributed by atoms with Crippen molar-refractivity contribution in [2.45, 2.75) is 64.5 Å². The van der Waals surface area contributed by atoms with Crippen LogP contribution in [0.3, 0.4) is 0 Å². The fraction of sp³-hybridized carbons (Fsp3) is 1.00. The van der Waals surface area contributed by atoms with Crippen LogP contribution in [-0.2, 0) is 0 Å². The first kappa shape index (κ1) is 12.4. The van der Waals surface area contributed by atoms with E-state index in [-0.39, 0.29) is 0 Å². The molecule has 2 heteroatoms. The number of rotatable bonds is 3. The normalized spacial score (nSPS) is 29.8. The molecule has 2 nitrogen and oxygen atoms in total. The van der Waals surface area contributed by atoms with Gasteiger partial charge in [0.05, 0.1) is 0 Å². The highest BCUT2D eigenvalue weighted by atomic mass is 15.2. The lowest BCUT2D eigenvalue weighted by Crippen LogP contribution is -2.45. The van der Waals surface area contributed by atoms with E-state index in [1.807, 2.05) is 0 Å². The van der Waals surface area contributed by atoms with Crippen molar-refractivity contribution in [1.82, 2.24) is 10.2 Å². The zero-order valence-corrected chi connectivity index (χ0v) is 11.0. The average molecular weight is 224 g/mol. The molecule has 2 aliphatic rings. The third kappa shape index (κ3) is 3.21. The van der Waals surface area contributed by atoms with Crippen LogP contribution < -0.4 is 5.32 Å². The van der Waals surface area contributed by atoms with Crippen LogP contribution in [0, 0.1) is 5.92 Å². The first-order valence-corrected chi connectivity index (χ1v) is 7.24. The number of nitrogens with one attached hydrogen (secondary N) is 1. The van der Waals surface area contributed by atoms with Gasteiger partial charge in [-0.15, -0.1) is 0 Å². The summed E-state index contributed by atoms with van der Waals surface area (Å²) in [6.07, 6.45) is 8.53. The van der Waals surface area contributed by atoms with Gasteiger partial charge in [0.25, 0.3) is 0 Å². The molecule has 1 atom stereocenters. The van der Waals surface area contributed by atoms with E-state index in [9.17, 15) is 0 Å². The van der Waals surface area contributed by atoms with E-state index in [4.69, 9.17) is 0 Å². The van der Waals surface area contributed by atoms with Gasteiger partial charge in [0.1, 0.15) is 0 Å². The van der Waals surface area contributed by atoms with Gasteiger partial charge in [-0.3, -0.25) is 4.90 Å². The van der Waals surface area contributed by atoms with Crippen LogP contribution in [0.1, 0.15) is 52.4 Å². The molecule has 0 spiro atoms. The number of hydrogen-bond donors (Lipinski definition) is 1. The van der Waals surface area contributed by atoms with Crippen LogP contribution in [0.25, 0.3) is 0 Å². The molecule has 0 aromatic heterocycles. The van der Waals surface area contributed by atoms with E-state index in [2.05, 4.69) is 24.1 Å². The third-order valence-electron chi connectivity index (χ3n) is 4.16. The van der Waals surface area contributed by atoms with Crippen molar-refractivity contribution in [2.75, 3.05) is 19.6 Å². The summed E-state index contributed by atoms with van der Waals surface area (Å²) in [7, 11) is 0. The summed E-state index contributed by atoms with van der Waals surface area (Å²) in [6.45, 7) is 8.48. The minimum absolute atomic E-state index is 0.797. The monoisotopic (exact) mass is 224 g/mol. The molecular formula is C14H28N2. The van der Waals surface area contributed by atoms with Crippen molar-refractivity contribution in [2.24, 2.45) is 5.92 Å². The van der Waals surface area contributed by atoms with Crippen LogP contribution in [0.5, 0.6) is 0 Å². The van der Waals surface area contributed by atoms with Gasteiger partial charge in [-0.1, -0.05) is 26.7 Å². The molecule has 1 aliphatic heterocycles. The molecule has 2 rings (SSSR count). The highest BCUT2D eigenvalue weighted by Crippen LogP contribution is 2.27. The number of hydrogen-bond acceptors (Lipinski definition) is 2. The lowest BCUT2D eigenvalue weighted by atomic mass is 10.0. The first-order valence-electron chi connectivity index (χ1n) is 7.24. The molecule has 0 aromatic carbocycles. The maximum Gasteiger partial charge on any atom is 0.0226 e. The van der Waals surface area contributed by atoms with Gasteiger partial charge in [-0.2, -0.15) is 0 Å². The van der Waals surface area contributed by atoms with E-state index in [1.165, 1.54) is 58.2 Å². The molecule has 1 saturated heterocycles. The second-order valence-electron chi connectivity index (χ2n) is 6.02. The van der Waals surface area contributed by atoms with Gasteiger partial charge < -0.3 is 5.32 Å². The SMILES string of the molecule is CC(C)CC1CNCCCN1C1CCCC1. The Labute approximate surface area is 101 Å². The molecule has 94 valence electrons. The molecule has 0 bridgehead atoms. The molecule has 16 heavy (non-hydrogen) atoms. The van der Waals surface area contributed by atoms with E-state index in [0.29, 0.717) is 0 Å². The van der Waals surface area contributed by atoms with E-state index >= 15 is 0 Å². The Bertz CT molecular complexity index is 197. The molecule has 1 unspecified atom stereocenters. The van der Waals surface area contributed by atoms with Gasteiger partial charge in [-0.25, -0.2) is 0 Å². The largest absolute Gasteiger partial charge is 0.315 e. The standard InChI is InChI=1S/C14H28N2/c1-12(2)10-14-11-15-8-5-9-16(14)13-6-3-4-7-13/h12-15H,3-11H2,1-2H3. The Morgan fingerprint density at radius 1 is 1.19 bits per heavy atom. The Kier molecular flexibility index (Phi) is 4.66. The van der Waals surface area contributed by atoms with Crippen molar-refractivity contribution in [3.8, 4) is 0 Å². The van der Waals surface area contributed by atoms with Crippen LogP contribution in [0.15, 0.2) is 0 Å². The zero-order chi connectivity index (χ0) is 11.4. The minimum Gasteiger partial charge on any atom is -0.315 e. The van der Waals surface area contributed by atoms with Gasteiger partial charge in [-0.05, 0) is 44.7 Å². The lowest BCUT2D eigenvalue weighted by molar-refractivity contribution is 0.129. The summed E-state index contributed by atoms with van der Waals surface area (Å²) in [5, 5.41) is 3.61. The van der Waals surface area contributed by atoms with E-state index in [1.54, 1.807) is 0 Å². The first-order chi connectivity index (χ1) is 7.77. The van der Waals surface area contributed by atoms with Crippen LogP contribution in [0.4, 0.5) is 0 Å². The maximum atomic E-state index is 3.61. The predicted molar refractivity (Wildman–Crippen MR) is 69.7 cm³/mol. The Morgan fingerprint density at radius 3 is 2.62 bits per heavy atom. The van der Waals surface area contributed by atoms with Crippen LogP contribution >= 0.6 is 0 Å². The smallest absolute Gasteiger partial charge is 0.0226 e. The second-order valence-corrected chi connectivity index (χ2v) is 6.02. The van der Waals surface area contributed by atoms with Gasteiger partial charge in [0.15, 0.2) is 0 Å². The van der Waals surface area contributed by atoms with Gasteiger partial charge in [0.2, 0.25) is 0 Å². The highest BCUT2D eigenvalue weighted by Gasteiger charge is 2.29. The Balaban J connectivity index is 1.97. The van der Waals surface area contributed by atoms with Gasteiger partial charge in [0, 0.05) is 18.6 Å². The average Bonchev–Trinajstić information content (AvgIpc) is 2.66. The Morgan fingerprint density at radius 2 is 1.94 bits per heavy atom. The van der Waals surface area contributed by atoms with Crippen molar-refractivity contribution >= 4 is 0 Å². The summed E-state index contributed by atoms with van der Waals surface area (Å²) in [5.74, 6) is 0.828. The number of nitrogens with zero attached hydrogens (tertiary/aromatic N) is 1. The topological polar surface area (TPSA) is 15.3 Å². The fourth-order valence-electron chi connectivity index (χ4n) is 3.43. The van der Waals surface area contributed by atoms with Crippen molar-refractivity contribution in [1.29, 1.82) is 0 Å². The van der Waals surface area contributed by atoms with E-state index < -0.39 is 0 Å². The molecule has 1 heterocycles. The molecule has 0 radical (unpaired) electrons. The van der Waals surface area contributed by atoms with Crippen molar-refractivity contribution < 1.29 is 0 Å². The molecular weight excluding hydrogens is 196 g/mol. The molecule has 1 saturated carbocycles. The van der Waals surface area contributed by atoms with Gasteiger partial charge >= 0.3 is 0 Å². The Hall–Kier alpha value is -0.0800. The van der Waals surface area contributed by atoms with E-state index in [0.717, 1.165) is 18.0 Å². The molecule has 1 aliphatic carbocycles. The van der Waals surface area contributed by atoms with Crippen LogP contribution in [0.2, 0.25) is 0 Å². The highest BCUT2D eigenvalue weighted by molar-refractivity contribution is 4.86. The molecule has 1 N–H and O–H groups in total. The maximum absolute atomic E-state index is 3.61. The molecule has 0 amide bonds. The molecule has 0 aromatic rings. The predicted octanol–water partition coefficient (Wildman–Crippen LogP) is 2.64. The quantitative estimate of drug-likeness (QED) is 0.793. The summed E-state index contributed by atoms with van der Waals surface area (Å²) >= 11 is 0. The zero-order valence-electron chi connectivity index (χ0n) is 11.0. The summed E-state index contributed by atoms with van der Waals surface area (Å²) in [4.78, 5) is 2.84. The summed E-state index contributed by atoms with van der Waals surface area (Å²) in [6, 6.07) is 1.70. The lowest BCUT2D eigenvalue weighted by Gasteiger charge is -2.35. The minimum atomic E-state index is 0.797. The van der Waals surface area contributed by atoms with Crippen molar-refractivity contribution in [3.63, 3.8) is 0 Å². The summed E-state index contributed by atoms with van der Waals surface area (Å²) in [5.41, 5.74) is 0. The van der Waals surface area contributed by atoms with Crippen molar-refractivity contribution in [3.05, 3.63) is 0 Å². The molecule has 2 fully saturated rings. The fourth-order valence-corrected chi connectivity index (χ4v) is 3.43.